The minimum absolute atomic E-state index is 0.167. The van der Waals surface area contributed by atoms with Crippen molar-refractivity contribution in [3.05, 3.63) is 54.2 Å². The summed E-state index contributed by atoms with van der Waals surface area (Å²) in [4.78, 5) is 12.3. The van der Waals surface area contributed by atoms with Crippen LogP contribution in [0.1, 0.15) is 24.4 Å². The molecule has 1 aliphatic heterocycles. The predicted molar refractivity (Wildman–Crippen MR) is 97.8 cm³/mol. The normalized spacial score (nSPS) is 16.6. The molecule has 1 N–H and O–H groups in total. The highest BCUT2D eigenvalue weighted by Gasteiger charge is 2.30. The second-order valence-electron chi connectivity index (χ2n) is 6.73. The van der Waals surface area contributed by atoms with Gasteiger partial charge in [-0.25, -0.2) is 9.97 Å². The molecule has 3 heterocycles. The van der Waals surface area contributed by atoms with Gasteiger partial charge in [-0.3, -0.25) is 0 Å². The lowest BCUT2D eigenvalue weighted by molar-refractivity contribution is -0.931. The Balaban J connectivity index is 1.42. The van der Waals surface area contributed by atoms with E-state index >= 15 is 0 Å². The van der Waals surface area contributed by atoms with Crippen LogP contribution in [0.3, 0.4) is 0 Å². The number of anilines is 1. The highest BCUT2D eigenvalue weighted by molar-refractivity contribution is 5.53. The van der Waals surface area contributed by atoms with Crippen LogP contribution in [0.2, 0.25) is 0 Å². The van der Waals surface area contributed by atoms with Crippen LogP contribution in [0.4, 0.5) is 5.95 Å². The van der Waals surface area contributed by atoms with Crippen molar-refractivity contribution in [3.8, 4) is 11.5 Å². The minimum Gasteiger partial charge on any atom is -0.415 e. The Morgan fingerprint density at radius 2 is 1.85 bits per heavy atom. The van der Waals surface area contributed by atoms with Crippen molar-refractivity contribution in [3.63, 3.8) is 0 Å². The van der Waals surface area contributed by atoms with Crippen molar-refractivity contribution in [2.75, 3.05) is 31.1 Å². The first kappa shape index (κ1) is 16.7. The molecule has 2 aromatic heterocycles. The van der Waals surface area contributed by atoms with E-state index < -0.39 is 0 Å². The molecule has 1 atom stereocenters. The van der Waals surface area contributed by atoms with Gasteiger partial charge in [0.2, 0.25) is 11.8 Å². The SMILES string of the molecule is Cc1cccc(-c2nnc([C@H](C)[NH+]3CCN(c4ncccn4)CC3)o2)c1. The molecule has 7 heteroatoms. The van der Waals surface area contributed by atoms with Gasteiger partial charge in [-0.1, -0.05) is 17.7 Å². The monoisotopic (exact) mass is 351 g/mol. The van der Waals surface area contributed by atoms with Gasteiger partial charge in [0, 0.05) is 18.0 Å². The molecule has 0 unspecified atom stereocenters. The summed E-state index contributed by atoms with van der Waals surface area (Å²) in [7, 11) is 0. The highest BCUT2D eigenvalue weighted by Crippen LogP contribution is 2.20. The third-order valence-electron chi connectivity index (χ3n) is 4.93. The number of hydrogen-bond acceptors (Lipinski definition) is 6. The number of hydrogen-bond donors (Lipinski definition) is 1. The first-order valence-corrected chi connectivity index (χ1v) is 8.97. The molecular weight excluding hydrogens is 328 g/mol. The van der Waals surface area contributed by atoms with Gasteiger partial charge in [-0.05, 0) is 32.0 Å². The number of benzene rings is 1. The molecule has 7 nitrogen and oxygen atoms in total. The third kappa shape index (κ3) is 3.43. The molecule has 1 aromatic carbocycles. The maximum atomic E-state index is 5.97. The molecule has 3 aromatic rings. The summed E-state index contributed by atoms with van der Waals surface area (Å²) in [5.41, 5.74) is 2.15. The molecule has 4 rings (SSSR count). The maximum absolute atomic E-state index is 5.97. The molecule has 0 amide bonds. The fourth-order valence-electron chi connectivity index (χ4n) is 3.36. The summed E-state index contributed by atoms with van der Waals surface area (Å²) in [6.45, 7) is 8.02. The lowest BCUT2D eigenvalue weighted by Gasteiger charge is -2.34. The standard InChI is InChI=1S/C19H22N6O/c1-14-5-3-6-16(13-14)18-23-22-17(26-18)15(2)24-9-11-25(12-10-24)19-20-7-4-8-21-19/h3-8,13,15H,9-12H2,1-2H3/p+1/t15-/m0/s1. The molecule has 0 saturated carbocycles. The van der Waals surface area contributed by atoms with Crippen LogP contribution >= 0.6 is 0 Å². The van der Waals surface area contributed by atoms with Crippen molar-refractivity contribution in [1.29, 1.82) is 0 Å². The quantitative estimate of drug-likeness (QED) is 0.764. The van der Waals surface area contributed by atoms with Crippen LogP contribution in [0.5, 0.6) is 0 Å². The van der Waals surface area contributed by atoms with Gasteiger partial charge < -0.3 is 14.2 Å². The number of nitrogens with zero attached hydrogens (tertiary/aromatic N) is 5. The Morgan fingerprint density at radius 1 is 1.08 bits per heavy atom. The maximum Gasteiger partial charge on any atom is 0.274 e. The van der Waals surface area contributed by atoms with Gasteiger partial charge >= 0.3 is 0 Å². The third-order valence-corrected chi connectivity index (χ3v) is 4.93. The van der Waals surface area contributed by atoms with E-state index in [9.17, 15) is 0 Å². The second kappa shape index (κ2) is 7.21. The van der Waals surface area contributed by atoms with E-state index in [1.54, 1.807) is 12.4 Å². The number of piperazine rings is 1. The number of aromatic nitrogens is 4. The van der Waals surface area contributed by atoms with Crippen molar-refractivity contribution in [2.45, 2.75) is 19.9 Å². The second-order valence-corrected chi connectivity index (χ2v) is 6.73. The number of aryl methyl sites for hydroxylation is 1. The van der Waals surface area contributed by atoms with Gasteiger partial charge in [0.05, 0.1) is 26.2 Å². The van der Waals surface area contributed by atoms with Gasteiger partial charge in [0.1, 0.15) is 0 Å². The van der Waals surface area contributed by atoms with Crippen molar-refractivity contribution >= 4 is 5.95 Å². The van der Waals surface area contributed by atoms with Crippen molar-refractivity contribution in [1.82, 2.24) is 20.2 Å². The lowest BCUT2D eigenvalue weighted by atomic mass is 10.1. The Hall–Kier alpha value is -2.80. The largest absolute Gasteiger partial charge is 0.415 e. The fraction of sp³-hybridized carbons (Fsp3) is 0.368. The average Bonchev–Trinajstić information content (AvgIpc) is 3.18. The number of rotatable bonds is 4. The summed E-state index contributed by atoms with van der Waals surface area (Å²) < 4.78 is 5.97. The van der Waals surface area contributed by atoms with E-state index in [1.165, 1.54) is 10.5 Å². The van der Waals surface area contributed by atoms with E-state index in [0.29, 0.717) is 11.8 Å². The molecule has 1 saturated heterocycles. The zero-order valence-electron chi connectivity index (χ0n) is 15.1. The smallest absolute Gasteiger partial charge is 0.274 e. The molecule has 0 aliphatic carbocycles. The molecule has 0 spiro atoms. The fourth-order valence-corrected chi connectivity index (χ4v) is 3.36. The summed E-state index contributed by atoms with van der Waals surface area (Å²) in [5.74, 6) is 2.09. The van der Waals surface area contributed by atoms with Gasteiger partial charge in [0.25, 0.3) is 5.89 Å². The summed E-state index contributed by atoms with van der Waals surface area (Å²) in [6, 6.07) is 10.1. The molecule has 134 valence electrons. The first-order chi connectivity index (χ1) is 12.7. The molecule has 1 aliphatic rings. The predicted octanol–water partition coefficient (Wildman–Crippen LogP) is 1.30. The zero-order chi connectivity index (χ0) is 17.9. The van der Waals surface area contributed by atoms with Crippen LogP contribution in [-0.4, -0.2) is 46.3 Å². The van der Waals surface area contributed by atoms with Crippen LogP contribution in [0, 0.1) is 6.92 Å². The van der Waals surface area contributed by atoms with Crippen molar-refractivity contribution in [2.24, 2.45) is 0 Å². The minimum atomic E-state index is 0.167. The zero-order valence-corrected chi connectivity index (χ0v) is 15.1. The summed E-state index contributed by atoms with van der Waals surface area (Å²) in [6.07, 6.45) is 3.57. The van der Waals surface area contributed by atoms with E-state index in [1.807, 2.05) is 18.2 Å². The van der Waals surface area contributed by atoms with E-state index in [2.05, 4.69) is 51.0 Å². The van der Waals surface area contributed by atoms with Crippen molar-refractivity contribution < 1.29 is 9.32 Å². The number of quaternary nitrogens is 1. The lowest BCUT2D eigenvalue weighted by Crippen LogP contribution is -3.14. The molecule has 26 heavy (non-hydrogen) atoms. The Bertz CT molecular complexity index is 857. The molecule has 0 bridgehead atoms. The Kier molecular flexibility index (Phi) is 4.62. The Morgan fingerprint density at radius 3 is 2.58 bits per heavy atom. The topological polar surface area (TPSA) is 72.4 Å². The highest BCUT2D eigenvalue weighted by atomic mass is 16.4. The van der Waals surface area contributed by atoms with Gasteiger partial charge in [-0.15, -0.1) is 10.2 Å². The van der Waals surface area contributed by atoms with E-state index in [0.717, 1.165) is 37.7 Å². The number of nitrogens with one attached hydrogen (secondary N) is 1. The molecule has 1 fully saturated rings. The first-order valence-electron chi connectivity index (χ1n) is 8.97. The molecular formula is C19H23N6O+. The van der Waals surface area contributed by atoms with E-state index in [-0.39, 0.29) is 6.04 Å². The van der Waals surface area contributed by atoms with Crippen LogP contribution in [0.25, 0.3) is 11.5 Å². The Labute approximate surface area is 152 Å². The molecule has 0 radical (unpaired) electrons. The van der Waals surface area contributed by atoms with Crippen LogP contribution < -0.4 is 9.80 Å². The van der Waals surface area contributed by atoms with Gasteiger partial charge in [-0.2, -0.15) is 0 Å². The summed E-state index contributed by atoms with van der Waals surface area (Å²) >= 11 is 0. The van der Waals surface area contributed by atoms with Crippen LogP contribution in [-0.2, 0) is 0 Å². The average molecular weight is 351 g/mol. The van der Waals surface area contributed by atoms with E-state index in [4.69, 9.17) is 4.42 Å². The summed E-state index contributed by atoms with van der Waals surface area (Å²) in [5, 5.41) is 8.54. The van der Waals surface area contributed by atoms with Gasteiger partial charge in [0.15, 0.2) is 6.04 Å². The van der Waals surface area contributed by atoms with Crippen LogP contribution in [0.15, 0.2) is 47.1 Å².